The topological polar surface area (TPSA) is 67.4 Å². The molecule has 19 heteroatoms. The molecule has 2 unspecified atom stereocenters. The van der Waals surface area contributed by atoms with Crippen molar-refractivity contribution in [2.24, 2.45) is 0 Å². The Kier molecular flexibility index (Phi) is 6.61. The summed E-state index contributed by atoms with van der Waals surface area (Å²) < 4.78 is 201. The van der Waals surface area contributed by atoms with E-state index in [2.05, 4.69) is 0 Å². The van der Waals surface area contributed by atoms with Gasteiger partial charge >= 0.3 is 12.4 Å². The minimum absolute atomic E-state index is 0.0313. The van der Waals surface area contributed by atoms with Crippen LogP contribution >= 0.6 is 0 Å². The van der Waals surface area contributed by atoms with Crippen LogP contribution in [0.15, 0.2) is 12.4 Å². The Hall–Kier alpha value is -2.83. The van der Waals surface area contributed by atoms with Gasteiger partial charge in [0.05, 0.1) is 11.1 Å². The number of halogens is 14. The number of fused-ring (bicyclic) bond motifs is 2. The van der Waals surface area contributed by atoms with Crippen molar-refractivity contribution in [1.82, 2.24) is 9.13 Å². The summed E-state index contributed by atoms with van der Waals surface area (Å²) in [6, 6.07) is 0. The number of alkyl halides is 14. The van der Waals surface area contributed by atoms with Gasteiger partial charge in [0.1, 0.15) is 23.3 Å². The Bertz CT molecular complexity index is 1480. The van der Waals surface area contributed by atoms with Crippen LogP contribution in [0.1, 0.15) is 84.4 Å². The van der Waals surface area contributed by atoms with Crippen LogP contribution in [0.25, 0.3) is 0 Å². The molecule has 0 aliphatic heterocycles. The highest BCUT2D eigenvalue weighted by Gasteiger charge is 2.73. The number of rotatable bonds is 4. The maximum absolute atomic E-state index is 14.6. The molecule has 2 atom stereocenters. The summed E-state index contributed by atoms with van der Waals surface area (Å²) in [6.07, 6.45) is -28.5. The highest BCUT2D eigenvalue weighted by molar-refractivity contribution is 5.96. The number of ketones is 1. The van der Waals surface area contributed by atoms with Crippen molar-refractivity contribution in [1.29, 1.82) is 0 Å². The van der Waals surface area contributed by atoms with E-state index in [-0.39, 0.29) is 21.5 Å². The second kappa shape index (κ2) is 9.19. The summed E-state index contributed by atoms with van der Waals surface area (Å²) >= 11 is 0. The minimum Gasteiger partial charge on any atom is -0.382 e. The lowest BCUT2D eigenvalue weighted by Crippen LogP contribution is -2.69. The van der Waals surface area contributed by atoms with E-state index in [0.29, 0.717) is 0 Å². The second-order valence-corrected chi connectivity index (χ2v) is 12.7. The number of aromatic nitrogens is 2. The van der Waals surface area contributed by atoms with Gasteiger partial charge in [-0.3, -0.25) is 4.79 Å². The maximum atomic E-state index is 14.6. The lowest BCUT2D eigenvalue weighted by atomic mass is 9.58. The molecule has 0 bridgehead atoms. The molecular weight excluding hydrogens is 666 g/mol. The van der Waals surface area contributed by atoms with Crippen LogP contribution in [-0.2, 0) is 41.1 Å². The predicted octanol–water partition coefficient (Wildman–Crippen LogP) is 7.08. The smallest absolute Gasteiger partial charge is 0.382 e. The van der Waals surface area contributed by atoms with Gasteiger partial charge in [0.15, 0.2) is 5.78 Å². The zero-order valence-corrected chi connectivity index (χ0v) is 23.0. The number of nitrogens with zero attached hydrogens (tertiary/aromatic N) is 2. The van der Waals surface area contributed by atoms with Gasteiger partial charge in [-0.1, -0.05) is 0 Å². The van der Waals surface area contributed by atoms with Gasteiger partial charge in [0, 0.05) is 73.4 Å². The summed E-state index contributed by atoms with van der Waals surface area (Å²) in [5.74, 6) is -17.7. The number of aliphatic hydroxyl groups excluding tert-OH is 2. The molecule has 2 aromatic rings. The zero-order chi connectivity index (χ0) is 34.4. The van der Waals surface area contributed by atoms with E-state index < -0.39 is 150 Å². The van der Waals surface area contributed by atoms with E-state index in [4.69, 9.17) is 0 Å². The van der Waals surface area contributed by atoms with Gasteiger partial charge in [-0.05, 0) is 12.8 Å². The lowest BCUT2D eigenvalue weighted by molar-refractivity contribution is -0.204. The molecule has 0 spiro atoms. The second-order valence-electron chi connectivity index (χ2n) is 12.7. The standard InChI is InChI=1S/C27H22F14N2O3/c28-22(29)7-20(8-22,42-5-11(26(36,37)38)15-13(42)1-3-24(32,33)17(15)44)19(46)21(9-23(30,31)10-21)43-6-12(27(39,40)41)16-14(43)2-4-25(34,35)18(16)45/h5-6,17-18,44-45H,1-4,7-10H2. The number of aliphatic hydroxyl groups is 2. The molecule has 2 saturated carbocycles. The summed E-state index contributed by atoms with van der Waals surface area (Å²) in [6.45, 7) is 0. The van der Waals surface area contributed by atoms with Gasteiger partial charge in [-0.25, -0.2) is 35.1 Å². The number of Topliss-reactive ketones (excluding diaryl/α,β-unsaturated/α-hetero) is 1. The monoisotopic (exact) mass is 688 g/mol. The summed E-state index contributed by atoms with van der Waals surface area (Å²) in [7, 11) is 0. The summed E-state index contributed by atoms with van der Waals surface area (Å²) in [5, 5.41) is 20.4. The molecule has 2 heterocycles. The number of hydrogen-bond donors (Lipinski definition) is 2. The average Bonchev–Trinajstić information content (AvgIpc) is 3.45. The van der Waals surface area contributed by atoms with E-state index in [1.807, 2.05) is 0 Å². The largest absolute Gasteiger partial charge is 0.418 e. The molecular formula is C27H22F14N2O3. The number of hydrogen-bond acceptors (Lipinski definition) is 3. The fraction of sp³-hybridized carbons (Fsp3) is 0.667. The first-order chi connectivity index (χ1) is 20.7. The van der Waals surface area contributed by atoms with Gasteiger partial charge in [0.2, 0.25) is 0 Å². The van der Waals surface area contributed by atoms with Gasteiger partial charge in [-0.15, -0.1) is 0 Å². The van der Waals surface area contributed by atoms with E-state index >= 15 is 0 Å². The normalized spacial score (nSPS) is 28.4. The first-order valence-corrected chi connectivity index (χ1v) is 13.8. The molecule has 0 saturated heterocycles. The lowest BCUT2D eigenvalue weighted by Gasteiger charge is -2.56. The van der Waals surface area contributed by atoms with Crippen LogP contribution in [0.5, 0.6) is 0 Å². The van der Waals surface area contributed by atoms with Crippen LogP contribution < -0.4 is 0 Å². The number of carbonyl (C=O) groups is 1. The molecule has 0 amide bonds. The van der Waals surface area contributed by atoms with Crippen molar-refractivity contribution in [3.8, 4) is 0 Å². The molecule has 4 aliphatic rings. The van der Waals surface area contributed by atoms with Crippen molar-refractivity contribution in [2.45, 2.75) is 111 Å². The molecule has 2 aromatic heterocycles. The van der Waals surface area contributed by atoms with Gasteiger partial charge < -0.3 is 19.3 Å². The fourth-order valence-corrected chi connectivity index (χ4v) is 7.65. The first kappa shape index (κ1) is 33.1. The number of carbonyl (C=O) groups excluding carboxylic acids is 1. The predicted molar refractivity (Wildman–Crippen MR) is 125 cm³/mol. The van der Waals surface area contributed by atoms with E-state index in [9.17, 15) is 76.5 Å². The molecule has 0 radical (unpaired) electrons. The first-order valence-electron chi connectivity index (χ1n) is 13.8. The quantitative estimate of drug-likeness (QED) is 0.338. The van der Waals surface area contributed by atoms with Gasteiger partial charge in [0.25, 0.3) is 23.7 Å². The van der Waals surface area contributed by atoms with Crippen molar-refractivity contribution < 1.29 is 76.5 Å². The Morgan fingerprint density at radius 3 is 1.20 bits per heavy atom. The Labute approximate surface area is 248 Å². The third kappa shape index (κ3) is 4.52. The molecule has 256 valence electrons. The average molecular weight is 688 g/mol. The molecule has 0 aromatic carbocycles. The Balaban J connectivity index is 1.59. The van der Waals surface area contributed by atoms with Crippen LogP contribution in [0, 0.1) is 0 Å². The van der Waals surface area contributed by atoms with E-state index in [1.54, 1.807) is 0 Å². The molecule has 2 fully saturated rings. The van der Waals surface area contributed by atoms with Crippen molar-refractivity contribution >= 4 is 5.78 Å². The highest BCUT2D eigenvalue weighted by Crippen LogP contribution is 2.63. The molecule has 5 nitrogen and oxygen atoms in total. The van der Waals surface area contributed by atoms with Gasteiger partial charge in [-0.2, -0.15) is 26.3 Å². The van der Waals surface area contributed by atoms with E-state index in [0.717, 1.165) is 0 Å². The summed E-state index contributed by atoms with van der Waals surface area (Å²) in [5.41, 5.74) is -14.2. The van der Waals surface area contributed by atoms with Crippen molar-refractivity contribution in [3.05, 3.63) is 46.0 Å². The van der Waals surface area contributed by atoms with Crippen molar-refractivity contribution in [3.63, 3.8) is 0 Å². The fourth-order valence-electron chi connectivity index (χ4n) is 7.65. The zero-order valence-electron chi connectivity index (χ0n) is 23.0. The van der Waals surface area contributed by atoms with Crippen LogP contribution in [-0.4, -0.2) is 48.8 Å². The van der Waals surface area contributed by atoms with E-state index in [1.165, 1.54) is 0 Å². The molecule has 4 aliphatic carbocycles. The molecule has 46 heavy (non-hydrogen) atoms. The maximum Gasteiger partial charge on any atom is 0.418 e. The van der Waals surface area contributed by atoms with Crippen LogP contribution in [0.3, 0.4) is 0 Å². The third-order valence-corrected chi connectivity index (χ3v) is 9.62. The Morgan fingerprint density at radius 1 is 0.630 bits per heavy atom. The highest BCUT2D eigenvalue weighted by atomic mass is 19.4. The van der Waals surface area contributed by atoms with Crippen LogP contribution in [0.4, 0.5) is 61.5 Å². The minimum atomic E-state index is -5.50. The molecule has 2 N–H and O–H groups in total. The SMILES string of the molecule is O=C(C1(n2cc(C(F)(F)F)c3c2CCC(F)(F)C3O)CC(F)(F)C1)C1(n2cc(C(F)(F)F)c3c2CCC(F)(F)C3O)CC(F)(F)C1. The molecule has 6 rings (SSSR count). The Morgan fingerprint density at radius 2 is 0.935 bits per heavy atom. The third-order valence-electron chi connectivity index (χ3n) is 9.62. The van der Waals surface area contributed by atoms with Crippen molar-refractivity contribution in [2.75, 3.05) is 0 Å². The van der Waals surface area contributed by atoms with Crippen LogP contribution in [0.2, 0.25) is 0 Å². The summed E-state index contributed by atoms with van der Waals surface area (Å²) in [4.78, 5) is 14.4.